The summed E-state index contributed by atoms with van der Waals surface area (Å²) in [5.41, 5.74) is 2.44. The lowest BCUT2D eigenvalue weighted by Gasteiger charge is -2.27. The molecule has 3 nitrogen and oxygen atoms in total. The minimum atomic E-state index is -0.0208. The SMILES string of the molecule is CC1CCC(NCc2cccc(Cl)c2)CC1.Cc1ccc2c(=O)[nH]ccc2c1. The summed E-state index contributed by atoms with van der Waals surface area (Å²) in [6, 6.07) is 16.5. The fraction of sp³-hybridized carbons (Fsp3) is 0.375. The van der Waals surface area contributed by atoms with Crippen molar-refractivity contribution in [1.29, 1.82) is 0 Å². The molecule has 148 valence electrons. The van der Waals surface area contributed by atoms with Crippen molar-refractivity contribution in [2.45, 2.75) is 52.1 Å². The number of fused-ring (bicyclic) bond motifs is 1. The van der Waals surface area contributed by atoms with E-state index < -0.39 is 0 Å². The van der Waals surface area contributed by atoms with Crippen LogP contribution in [-0.4, -0.2) is 11.0 Å². The maximum atomic E-state index is 11.2. The Morgan fingerprint density at radius 1 is 1.07 bits per heavy atom. The van der Waals surface area contributed by atoms with E-state index in [0.717, 1.165) is 28.3 Å². The Morgan fingerprint density at radius 2 is 1.86 bits per heavy atom. The van der Waals surface area contributed by atoms with E-state index >= 15 is 0 Å². The van der Waals surface area contributed by atoms with E-state index in [1.165, 1.54) is 36.8 Å². The fourth-order valence-corrected chi connectivity index (χ4v) is 3.90. The molecular weight excluding hydrogens is 368 g/mol. The first-order valence-electron chi connectivity index (χ1n) is 10.1. The lowest BCUT2D eigenvalue weighted by Crippen LogP contribution is -2.32. The Balaban J connectivity index is 0.000000167. The van der Waals surface area contributed by atoms with Crippen molar-refractivity contribution in [2.24, 2.45) is 5.92 Å². The molecule has 3 aromatic rings. The zero-order valence-corrected chi connectivity index (χ0v) is 17.4. The van der Waals surface area contributed by atoms with E-state index in [4.69, 9.17) is 11.6 Å². The second-order valence-electron chi connectivity index (χ2n) is 7.87. The highest BCUT2D eigenvalue weighted by Crippen LogP contribution is 2.23. The molecule has 2 N–H and O–H groups in total. The predicted octanol–water partition coefficient (Wildman–Crippen LogP) is 5.84. The van der Waals surface area contributed by atoms with Crippen molar-refractivity contribution >= 4 is 22.4 Å². The summed E-state index contributed by atoms with van der Waals surface area (Å²) >= 11 is 5.96. The van der Waals surface area contributed by atoms with Crippen LogP contribution in [0.4, 0.5) is 0 Å². The lowest BCUT2D eigenvalue weighted by molar-refractivity contribution is 0.306. The molecule has 0 unspecified atom stereocenters. The number of benzene rings is 2. The molecule has 28 heavy (non-hydrogen) atoms. The molecule has 1 aliphatic rings. The number of H-pyrrole nitrogens is 1. The molecule has 0 radical (unpaired) electrons. The number of aryl methyl sites for hydroxylation is 1. The van der Waals surface area contributed by atoms with Crippen LogP contribution in [0.5, 0.6) is 0 Å². The number of rotatable bonds is 3. The summed E-state index contributed by atoms with van der Waals surface area (Å²) in [4.78, 5) is 13.9. The zero-order chi connectivity index (χ0) is 19.9. The average molecular weight is 397 g/mol. The van der Waals surface area contributed by atoms with Gasteiger partial charge in [-0.25, -0.2) is 0 Å². The summed E-state index contributed by atoms with van der Waals surface area (Å²) in [5, 5.41) is 6.21. The molecule has 4 rings (SSSR count). The number of pyridine rings is 1. The molecule has 0 aliphatic heterocycles. The number of aromatic amines is 1. The molecule has 1 heterocycles. The normalized spacial score (nSPS) is 19.1. The van der Waals surface area contributed by atoms with Crippen LogP contribution in [0.3, 0.4) is 0 Å². The van der Waals surface area contributed by atoms with Gasteiger partial charge in [-0.1, -0.05) is 48.4 Å². The van der Waals surface area contributed by atoms with Crippen molar-refractivity contribution in [3.8, 4) is 0 Å². The Hall–Kier alpha value is -2.10. The topological polar surface area (TPSA) is 44.9 Å². The van der Waals surface area contributed by atoms with Crippen molar-refractivity contribution in [3.05, 3.63) is 81.2 Å². The van der Waals surface area contributed by atoms with Gasteiger partial charge in [0.2, 0.25) is 0 Å². The number of halogens is 1. The van der Waals surface area contributed by atoms with E-state index in [1.807, 2.05) is 49.4 Å². The fourth-order valence-electron chi connectivity index (χ4n) is 3.69. The summed E-state index contributed by atoms with van der Waals surface area (Å²) in [5.74, 6) is 0.921. The lowest BCUT2D eigenvalue weighted by atomic mass is 9.87. The molecular formula is C24H29ClN2O. The van der Waals surface area contributed by atoms with E-state index in [1.54, 1.807) is 6.20 Å². The molecule has 4 heteroatoms. The maximum absolute atomic E-state index is 11.2. The minimum Gasteiger partial charge on any atom is -0.329 e. The van der Waals surface area contributed by atoms with Crippen LogP contribution < -0.4 is 10.9 Å². The van der Waals surface area contributed by atoms with E-state index in [0.29, 0.717) is 6.04 Å². The molecule has 0 spiro atoms. The van der Waals surface area contributed by atoms with Gasteiger partial charge >= 0.3 is 0 Å². The average Bonchev–Trinajstić information content (AvgIpc) is 2.68. The smallest absolute Gasteiger partial charge is 0.255 e. The third kappa shape index (κ3) is 5.95. The van der Waals surface area contributed by atoms with Crippen molar-refractivity contribution in [2.75, 3.05) is 0 Å². The number of aromatic nitrogens is 1. The van der Waals surface area contributed by atoms with Crippen LogP contribution in [0.1, 0.15) is 43.7 Å². The third-order valence-electron chi connectivity index (χ3n) is 5.43. The van der Waals surface area contributed by atoms with Gasteiger partial charge in [0.15, 0.2) is 0 Å². The highest BCUT2D eigenvalue weighted by Gasteiger charge is 2.17. The van der Waals surface area contributed by atoms with Crippen molar-refractivity contribution < 1.29 is 0 Å². The standard InChI is InChI=1S/C14H20ClN.C10H9NO/c1-11-5-7-14(8-6-11)16-10-12-3-2-4-13(15)9-12;1-7-2-3-9-8(6-7)4-5-11-10(9)12/h2-4,9,11,14,16H,5-8,10H2,1H3;2-6H,1H3,(H,11,12). The second-order valence-corrected chi connectivity index (χ2v) is 8.30. The summed E-state index contributed by atoms with van der Waals surface area (Å²) in [6.07, 6.45) is 7.05. The molecule has 1 fully saturated rings. The Bertz CT molecular complexity index is 958. The van der Waals surface area contributed by atoms with Gasteiger partial charge in [0, 0.05) is 29.2 Å². The van der Waals surface area contributed by atoms with Crippen LogP contribution >= 0.6 is 11.6 Å². The Morgan fingerprint density at radius 3 is 2.61 bits per heavy atom. The molecule has 0 saturated heterocycles. The van der Waals surface area contributed by atoms with Gasteiger partial charge in [-0.2, -0.15) is 0 Å². The predicted molar refractivity (Wildman–Crippen MR) is 119 cm³/mol. The maximum Gasteiger partial charge on any atom is 0.255 e. The van der Waals surface area contributed by atoms with Gasteiger partial charge in [0.05, 0.1) is 0 Å². The largest absolute Gasteiger partial charge is 0.329 e. The molecule has 2 aromatic carbocycles. The molecule has 0 atom stereocenters. The summed E-state index contributed by atoms with van der Waals surface area (Å²) in [6.45, 7) is 5.31. The third-order valence-corrected chi connectivity index (χ3v) is 5.66. The van der Waals surface area contributed by atoms with Crippen LogP contribution in [0.2, 0.25) is 5.02 Å². The highest BCUT2D eigenvalue weighted by atomic mass is 35.5. The molecule has 1 aromatic heterocycles. The monoisotopic (exact) mass is 396 g/mol. The van der Waals surface area contributed by atoms with Gasteiger partial charge in [-0.3, -0.25) is 4.79 Å². The van der Waals surface area contributed by atoms with Gasteiger partial charge in [0.25, 0.3) is 5.56 Å². The first kappa shape index (κ1) is 20.6. The van der Waals surface area contributed by atoms with Crippen molar-refractivity contribution in [1.82, 2.24) is 10.3 Å². The summed E-state index contributed by atoms with van der Waals surface area (Å²) in [7, 11) is 0. The molecule has 0 bridgehead atoms. The number of nitrogens with one attached hydrogen (secondary N) is 2. The quantitative estimate of drug-likeness (QED) is 0.583. The van der Waals surface area contributed by atoms with E-state index in [2.05, 4.69) is 23.3 Å². The Labute approximate surface area is 172 Å². The molecule has 0 amide bonds. The minimum absolute atomic E-state index is 0.0208. The van der Waals surface area contributed by atoms with Gasteiger partial charge in [0.1, 0.15) is 0 Å². The highest BCUT2D eigenvalue weighted by molar-refractivity contribution is 6.30. The zero-order valence-electron chi connectivity index (χ0n) is 16.7. The number of hydrogen-bond donors (Lipinski definition) is 2. The van der Waals surface area contributed by atoms with E-state index in [9.17, 15) is 4.79 Å². The van der Waals surface area contributed by atoms with Gasteiger partial charge in [-0.05, 0) is 73.7 Å². The van der Waals surface area contributed by atoms with Crippen molar-refractivity contribution in [3.63, 3.8) is 0 Å². The second kappa shape index (κ2) is 9.90. The molecule has 1 saturated carbocycles. The first-order chi connectivity index (χ1) is 13.5. The van der Waals surface area contributed by atoms with Crippen LogP contribution in [0.25, 0.3) is 10.8 Å². The Kier molecular flexibility index (Phi) is 7.30. The van der Waals surface area contributed by atoms with Crippen LogP contribution in [0.15, 0.2) is 59.5 Å². The van der Waals surface area contributed by atoms with Crippen LogP contribution in [-0.2, 0) is 6.54 Å². The first-order valence-corrected chi connectivity index (χ1v) is 10.4. The molecule has 1 aliphatic carbocycles. The van der Waals surface area contributed by atoms with Gasteiger partial charge in [-0.15, -0.1) is 0 Å². The van der Waals surface area contributed by atoms with Gasteiger partial charge < -0.3 is 10.3 Å². The van der Waals surface area contributed by atoms with Crippen LogP contribution in [0, 0.1) is 12.8 Å². The van der Waals surface area contributed by atoms with E-state index in [-0.39, 0.29) is 5.56 Å². The summed E-state index contributed by atoms with van der Waals surface area (Å²) < 4.78 is 0. The number of hydrogen-bond acceptors (Lipinski definition) is 2.